The molecular weight excluding hydrogens is 202 g/mol. The number of halogens is 1. The number of aromatic nitrogens is 1. The van der Waals surface area contributed by atoms with Gasteiger partial charge in [-0.05, 0) is 11.6 Å². The van der Waals surface area contributed by atoms with E-state index >= 15 is 0 Å². The minimum atomic E-state index is -0.838. The van der Waals surface area contributed by atoms with Gasteiger partial charge in [-0.15, -0.1) is 0 Å². The van der Waals surface area contributed by atoms with Crippen LogP contribution in [0, 0.1) is 0 Å². The molecular formula is C10H12ClNO2. The van der Waals surface area contributed by atoms with E-state index in [-0.39, 0.29) is 6.42 Å². The van der Waals surface area contributed by atoms with Crippen LogP contribution in [0.5, 0.6) is 0 Å². The third kappa shape index (κ3) is 2.45. The Bertz CT molecular complexity index is 350. The Morgan fingerprint density at radius 2 is 2.29 bits per heavy atom. The summed E-state index contributed by atoms with van der Waals surface area (Å²) in [6, 6.07) is 3.56. The van der Waals surface area contributed by atoms with Crippen molar-refractivity contribution in [2.24, 2.45) is 0 Å². The van der Waals surface area contributed by atoms with E-state index in [1.807, 2.05) is 13.8 Å². The highest BCUT2D eigenvalue weighted by atomic mass is 35.5. The lowest BCUT2D eigenvalue weighted by Crippen LogP contribution is -2.22. The molecule has 1 rings (SSSR count). The van der Waals surface area contributed by atoms with Crippen LogP contribution in [0.4, 0.5) is 0 Å². The van der Waals surface area contributed by atoms with Crippen LogP contribution in [0.1, 0.15) is 25.8 Å². The van der Waals surface area contributed by atoms with Crippen molar-refractivity contribution < 1.29 is 9.90 Å². The first-order valence-electron chi connectivity index (χ1n) is 4.26. The molecule has 0 unspecified atom stereocenters. The fourth-order valence-electron chi connectivity index (χ4n) is 1.36. The Morgan fingerprint density at radius 1 is 1.64 bits per heavy atom. The van der Waals surface area contributed by atoms with Gasteiger partial charge in [-0.3, -0.25) is 4.79 Å². The van der Waals surface area contributed by atoms with Crippen LogP contribution < -0.4 is 0 Å². The van der Waals surface area contributed by atoms with Gasteiger partial charge >= 0.3 is 5.97 Å². The molecule has 4 heteroatoms. The van der Waals surface area contributed by atoms with Gasteiger partial charge in [-0.25, -0.2) is 4.98 Å². The Balaban J connectivity index is 3.03. The molecule has 0 aliphatic rings. The van der Waals surface area contributed by atoms with E-state index in [2.05, 4.69) is 4.98 Å². The molecule has 0 aromatic carbocycles. The van der Waals surface area contributed by atoms with Crippen LogP contribution in [0.3, 0.4) is 0 Å². The number of rotatable bonds is 3. The van der Waals surface area contributed by atoms with E-state index in [1.54, 1.807) is 18.3 Å². The average Bonchev–Trinajstić information content (AvgIpc) is 2.02. The second-order valence-electron chi connectivity index (χ2n) is 3.80. The summed E-state index contributed by atoms with van der Waals surface area (Å²) in [5.41, 5.74) is 0.279. The van der Waals surface area contributed by atoms with Crippen molar-refractivity contribution in [1.82, 2.24) is 4.98 Å². The smallest absolute Gasteiger partial charge is 0.304 e. The maximum absolute atomic E-state index is 10.6. The van der Waals surface area contributed by atoms with Gasteiger partial charge in [-0.1, -0.05) is 31.5 Å². The molecule has 0 aliphatic heterocycles. The zero-order valence-electron chi connectivity index (χ0n) is 8.12. The molecule has 1 N–H and O–H groups in total. The van der Waals surface area contributed by atoms with Crippen molar-refractivity contribution in [3.05, 3.63) is 29.0 Å². The molecule has 76 valence electrons. The quantitative estimate of drug-likeness (QED) is 0.785. The Hall–Kier alpha value is -1.09. The lowest BCUT2D eigenvalue weighted by atomic mass is 9.82. The highest BCUT2D eigenvalue weighted by Gasteiger charge is 2.26. The molecule has 0 spiro atoms. The monoisotopic (exact) mass is 213 g/mol. The van der Waals surface area contributed by atoms with Crippen molar-refractivity contribution >= 4 is 17.6 Å². The first-order chi connectivity index (χ1) is 6.43. The van der Waals surface area contributed by atoms with Gasteiger partial charge in [0, 0.05) is 11.6 Å². The number of nitrogens with zero attached hydrogens (tertiary/aromatic N) is 1. The van der Waals surface area contributed by atoms with Crippen LogP contribution in [0.2, 0.25) is 5.15 Å². The van der Waals surface area contributed by atoms with Gasteiger partial charge in [0.2, 0.25) is 0 Å². The fraction of sp³-hybridized carbons (Fsp3) is 0.400. The number of carbonyl (C=O) groups is 1. The molecule has 0 atom stereocenters. The number of pyridine rings is 1. The Morgan fingerprint density at radius 3 is 2.79 bits per heavy atom. The topological polar surface area (TPSA) is 50.2 Å². The van der Waals surface area contributed by atoms with Gasteiger partial charge < -0.3 is 5.11 Å². The molecule has 1 aromatic rings. The number of hydrogen-bond acceptors (Lipinski definition) is 2. The van der Waals surface area contributed by atoms with Crippen LogP contribution in [0.15, 0.2) is 18.3 Å². The molecule has 0 saturated carbocycles. The normalized spacial score (nSPS) is 11.4. The third-order valence-corrected chi connectivity index (χ3v) is 2.38. The Kier molecular flexibility index (Phi) is 3.11. The molecule has 0 fully saturated rings. The summed E-state index contributed by atoms with van der Waals surface area (Å²) in [7, 11) is 0. The number of carboxylic acid groups (broad SMARTS) is 1. The first kappa shape index (κ1) is 11.0. The van der Waals surface area contributed by atoms with Crippen LogP contribution in [0.25, 0.3) is 0 Å². The average molecular weight is 214 g/mol. The summed E-state index contributed by atoms with van der Waals surface area (Å²) in [6.07, 6.45) is 1.63. The standard InChI is InChI=1S/C10H12ClNO2/c1-10(2,6-8(13)14)7-4-3-5-12-9(7)11/h3-5H,6H2,1-2H3,(H,13,14). The van der Waals surface area contributed by atoms with E-state index in [4.69, 9.17) is 16.7 Å². The molecule has 0 bridgehead atoms. The zero-order chi connectivity index (χ0) is 10.8. The minimum Gasteiger partial charge on any atom is -0.481 e. The van der Waals surface area contributed by atoms with Crippen LogP contribution in [-0.2, 0) is 10.2 Å². The molecule has 0 saturated heterocycles. The van der Waals surface area contributed by atoms with E-state index in [9.17, 15) is 4.79 Å². The maximum atomic E-state index is 10.6. The Labute approximate surface area is 87.7 Å². The largest absolute Gasteiger partial charge is 0.481 e. The molecule has 0 radical (unpaired) electrons. The molecule has 14 heavy (non-hydrogen) atoms. The maximum Gasteiger partial charge on any atom is 0.304 e. The van der Waals surface area contributed by atoms with Crippen molar-refractivity contribution in [3.63, 3.8) is 0 Å². The van der Waals surface area contributed by atoms with Gasteiger partial charge in [-0.2, -0.15) is 0 Å². The second-order valence-corrected chi connectivity index (χ2v) is 4.15. The van der Waals surface area contributed by atoms with E-state index in [1.165, 1.54) is 0 Å². The number of carboxylic acids is 1. The third-order valence-electron chi connectivity index (χ3n) is 2.08. The molecule has 0 amide bonds. The second kappa shape index (κ2) is 3.96. The predicted molar refractivity (Wildman–Crippen MR) is 54.5 cm³/mol. The summed E-state index contributed by atoms with van der Waals surface area (Å²) < 4.78 is 0. The highest BCUT2D eigenvalue weighted by Crippen LogP contribution is 2.30. The molecule has 1 aromatic heterocycles. The lowest BCUT2D eigenvalue weighted by molar-refractivity contribution is -0.138. The number of hydrogen-bond donors (Lipinski definition) is 1. The van der Waals surface area contributed by atoms with Gasteiger partial charge in [0.1, 0.15) is 5.15 Å². The first-order valence-corrected chi connectivity index (χ1v) is 4.64. The van der Waals surface area contributed by atoms with Crippen molar-refractivity contribution in [1.29, 1.82) is 0 Å². The SMILES string of the molecule is CC(C)(CC(=O)O)c1cccnc1Cl. The summed E-state index contributed by atoms with van der Waals surface area (Å²) in [5, 5.41) is 9.11. The van der Waals surface area contributed by atoms with Gasteiger partial charge in [0.25, 0.3) is 0 Å². The summed E-state index contributed by atoms with van der Waals surface area (Å²) in [4.78, 5) is 14.6. The summed E-state index contributed by atoms with van der Waals surface area (Å²) in [5.74, 6) is -0.838. The van der Waals surface area contributed by atoms with Gasteiger partial charge in [0.05, 0.1) is 6.42 Å². The summed E-state index contributed by atoms with van der Waals surface area (Å²) >= 11 is 5.89. The molecule has 3 nitrogen and oxygen atoms in total. The highest BCUT2D eigenvalue weighted by molar-refractivity contribution is 6.30. The van der Waals surface area contributed by atoms with Crippen molar-refractivity contribution in [2.75, 3.05) is 0 Å². The fourth-order valence-corrected chi connectivity index (χ4v) is 1.74. The predicted octanol–water partition coefficient (Wildman–Crippen LogP) is 2.49. The van der Waals surface area contributed by atoms with E-state index < -0.39 is 11.4 Å². The van der Waals surface area contributed by atoms with Gasteiger partial charge in [0.15, 0.2) is 0 Å². The molecule has 1 heterocycles. The van der Waals surface area contributed by atoms with E-state index in [0.29, 0.717) is 5.15 Å². The number of aliphatic carboxylic acids is 1. The zero-order valence-corrected chi connectivity index (χ0v) is 8.88. The lowest BCUT2D eigenvalue weighted by Gasteiger charge is -2.23. The molecule has 0 aliphatic carbocycles. The van der Waals surface area contributed by atoms with Crippen molar-refractivity contribution in [3.8, 4) is 0 Å². The van der Waals surface area contributed by atoms with Crippen LogP contribution in [-0.4, -0.2) is 16.1 Å². The minimum absolute atomic E-state index is 0.0401. The van der Waals surface area contributed by atoms with E-state index in [0.717, 1.165) is 5.56 Å². The van der Waals surface area contributed by atoms with Crippen LogP contribution >= 0.6 is 11.6 Å². The van der Waals surface area contributed by atoms with Crippen molar-refractivity contribution in [2.45, 2.75) is 25.7 Å². The summed E-state index contributed by atoms with van der Waals surface area (Å²) in [6.45, 7) is 3.67.